The minimum Gasteiger partial charge on any atom is -0.0683 e. The molecule has 0 N–H and O–H groups in total. The van der Waals surface area contributed by atoms with Gasteiger partial charge in [-0.05, 0) is 18.3 Å². The van der Waals surface area contributed by atoms with Crippen LogP contribution in [0.4, 0.5) is 0 Å². The molecule has 0 radical (unpaired) electrons. The molecule has 1 aliphatic rings. The molecule has 0 heteroatoms. The van der Waals surface area contributed by atoms with Gasteiger partial charge in [0, 0.05) is 0 Å². The Bertz CT molecular complexity index is 66.1. The van der Waals surface area contributed by atoms with E-state index in [0.717, 1.165) is 11.8 Å². The van der Waals surface area contributed by atoms with E-state index in [0.29, 0.717) is 0 Å². The second-order valence-corrected chi connectivity index (χ2v) is 3.36. The van der Waals surface area contributed by atoms with Crippen LogP contribution in [0.2, 0.25) is 0 Å². The summed E-state index contributed by atoms with van der Waals surface area (Å²) in [6, 6.07) is 0. The van der Waals surface area contributed by atoms with E-state index in [2.05, 4.69) is 13.8 Å². The van der Waals surface area contributed by atoms with Crippen molar-refractivity contribution in [1.82, 2.24) is 0 Å². The summed E-state index contributed by atoms with van der Waals surface area (Å²) in [5.41, 5.74) is 0. The molecule has 0 aromatic rings. The van der Waals surface area contributed by atoms with Crippen molar-refractivity contribution < 1.29 is 0 Å². The van der Waals surface area contributed by atoms with Gasteiger partial charge in [0.15, 0.2) is 0 Å². The lowest BCUT2D eigenvalue weighted by molar-refractivity contribution is 0.471. The third-order valence-corrected chi connectivity index (χ3v) is 2.80. The van der Waals surface area contributed by atoms with Gasteiger partial charge in [-0.2, -0.15) is 0 Å². The highest BCUT2D eigenvalue weighted by Crippen LogP contribution is 2.34. The average Bonchev–Trinajstić information content (AvgIpc) is 2.55. The molecule has 0 nitrogen and oxygen atoms in total. The molecule has 0 aromatic heterocycles. The zero-order chi connectivity index (χ0) is 8.69. The summed E-state index contributed by atoms with van der Waals surface area (Å²) >= 11 is 0. The first-order valence-corrected chi connectivity index (χ1v) is 5.36. The summed E-state index contributed by atoms with van der Waals surface area (Å²) in [6.07, 6.45) is 7.37. The maximum absolute atomic E-state index is 2.32. The van der Waals surface area contributed by atoms with Crippen molar-refractivity contribution >= 4 is 0 Å². The summed E-state index contributed by atoms with van der Waals surface area (Å²) in [7, 11) is 0. The van der Waals surface area contributed by atoms with E-state index < -0.39 is 0 Å². The molecule has 0 saturated heterocycles. The Morgan fingerprint density at radius 2 is 1.27 bits per heavy atom. The van der Waals surface area contributed by atoms with Crippen molar-refractivity contribution in [2.75, 3.05) is 0 Å². The van der Waals surface area contributed by atoms with Gasteiger partial charge in [0.1, 0.15) is 0 Å². The molecule has 0 amide bonds. The standard InChI is InChI=1S/C9H18.C2H6/c1-3-8-5-6-9(4-2)7-8;1-2/h8-9H,3-7H2,1-2H3;1-2H3/t8-,9?;/m1./s1. The van der Waals surface area contributed by atoms with E-state index in [1.165, 1.54) is 32.1 Å². The molecule has 2 atom stereocenters. The highest BCUT2D eigenvalue weighted by molar-refractivity contribution is 4.73. The summed E-state index contributed by atoms with van der Waals surface area (Å²) < 4.78 is 0. The molecule has 1 saturated carbocycles. The van der Waals surface area contributed by atoms with Gasteiger partial charge in [-0.1, -0.05) is 53.4 Å². The number of hydrogen-bond donors (Lipinski definition) is 0. The van der Waals surface area contributed by atoms with Crippen molar-refractivity contribution in [1.29, 1.82) is 0 Å². The Balaban J connectivity index is 0.000000461. The van der Waals surface area contributed by atoms with E-state index in [1.807, 2.05) is 13.8 Å². The SMILES string of the molecule is CC.CCC1CC[C@@H](CC)C1. The van der Waals surface area contributed by atoms with Crippen LogP contribution < -0.4 is 0 Å². The number of rotatable bonds is 2. The van der Waals surface area contributed by atoms with E-state index >= 15 is 0 Å². The van der Waals surface area contributed by atoms with Crippen molar-refractivity contribution in [2.24, 2.45) is 11.8 Å². The second-order valence-electron chi connectivity index (χ2n) is 3.36. The topological polar surface area (TPSA) is 0 Å². The molecule has 0 bridgehead atoms. The molecule has 0 spiro atoms. The normalized spacial score (nSPS) is 29.5. The maximum Gasteiger partial charge on any atom is -0.0414 e. The largest absolute Gasteiger partial charge is 0.0683 e. The van der Waals surface area contributed by atoms with E-state index in [9.17, 15) is 0 Å². The molecule has 1 fully saturated rings. The third kappa shape index (κ3) is 3.79. The van der Waals surface area contributed by atoms with Crippen LogP contribution in [0.1, 0.15) is 59.8 Å². The fourth-order valence-electron chi connectivity index (χ4n) is 1.92. The van der Waals surface area contributed by atoms with Crippen molar-refractivity contribution in [3.63, 3.8) is 0 Å². The lowest BCUT2D eigenvalue weighted by atomic mass is 10.0. The smallest absolute Gasteiger partial charge is 0.0414 e. The third-order valence-electron chi connectivity index (χ3n) is 2.80. The van der Waals surface area contributed by atoms with Crippen LogP contribution in [0.3, 0.4) is 0 Å². The Labute approximate surface area is 72.4 Å². The molecule has 0 heterocycles. The van der Waals surface area contributed by atoms with E-state index in [-0.39, 0.29) is 0 Å². The quantitative estimate of drug-likeness (QED) is 0.560. The average molecular weight is 156 g/mol. The van der Waals surface area contributed by atoms with Crippen LogP contribution in [0.15, 0.2) is 0 Å². The molecule has 1 aliphatic carbocycles. The molecular formula is C11H24. The van der Waals surface area contributed by atoms with Gasteiger partial charge in [-0.15, -0.1) is 0 Å². The van der Waals surface area contributed by atoms with Gasteiger partial charge < -0.3 is 0 Å². The fourth-order valence-corrected chi connectivity index (χ4v) is 1.92. The van der Waals surface area contributed by atoms with Gasteiger partial charge in [0.05, 0.1) is 0 Å². The van der Waals surface area contributed by atoms with Crippen molar-refractivity contribution in [3.8, 4) is 0 Å². The van der Waals surface area contributed by atoms with E-state index in [4.69, 9.17) is 0 Å². The fraction of sp³-hybridized carbons (Fsp3) is 1.00. The van der Waals surface area contributed by atoms with E-state index in [1.54, 1.807) is 0 Å². The molecule has 1 rings (SSSR count). The predicted octanol–water partition coefficient (Wildman–Crippen LogP) is 4.25. The van der Waals surface area contributed by atoms with Gasteiger partial charge in [0.2, 0.25) is 0 Å². The van der Waals surface area contributed by atoms with Crippen molar-refractivity contribution in [2.45, 2.75) is 59.8 Å². The van der Waals surface area contributed by atoms with Crippen LogP contribution in [0, 0.1) is 11.8 Å². The van der Waals surface area contributed by atoms with Gasteiger partial charge in [-0.25, -0.2) is 0 Å². The Morgan fingerprint density at radius 1 is 0.909 bits per heavy atom. The molecular weight excluding hydrogens is 132 g/mol. The highest BCUT2D eigenvalue weighted by Gasteiger charge is 2.20. The van der Waals surface area contributed by atoms with Crippen LogP contribution in [0.5, 0.6) is 0 Å². The summed E-state index contributed by atoms with van der Waals surface area (Å²) in [4.78, 5) is 0. The number of hydrogen-bond acceptors (Lipinski definition) is 0. The first-order chi connectivity index (χ1) is 5.36. The summed E-state index contributed by atoms with van der Waals surface area (Å²) in [5.74, 6) is 2.16. The van der Waals surface area contributed by atoms with Crippen LogP contribution in [0.25, 0.3) is 0 Å². The maximum atomic E-state index is 2.32. The zero-order valence-electron chi connectivity index (χ0n) is 8.69. The minimum atomic E-state index is 1.08. The van der Waals surface area contributed by atoms with Crippen molar-refractivity contribution in [3.05, 3.63) is 0 Å². The van der Waals surface area contributed by atoms with Crippen LogP contribution in [-0.2, 0) is 0 Å². The monoisotopic (exact) mass is 156 g/mol. The summed E-state index contributed by atoms with van der Waals surface area (Å²) in [5, 5.41) is 0. The molecule has 11 heavy (non-hydrogen) atoms. The molecule has 0 aromatic carbocycles. The molecule has 1 unspecified atom stereocenters. The Morgan fingerprint density at radius 3 is 1.45 bits per heavy atom. The molecule has 0 aliphatic heterocycles. The first-order valence-electron chi connectivity index (χ1n) is 5.36. The second kappa shape index (κ2) is 6.69. The molecule has 68 valence electrons. The lowest BCUT2D eigenvalue weighted by Gasteiger charge is -2.05. The zero-order valence-corrected chi connectivity index (χ0v) is 8.69. The predicted molar refractivity (Wildman–Crippen MR) is 52.8 cm³/mol. The summed E-state index contributed by atoms with van der Waals surface area (Å²) in [6.45, 7) is 8.64. The van der Waals surface area contributed by atoms with Crippen LogP contribution >= 0.6 is 0 Å². The lowest BCUT2D eigenvalue weighted by Crippen LogP contribution is -1.92. The Kier molecular flexibility index (Phi) is 6.69. The van der Waals surface area contributed by atoms with Gasteiger partial charge in [0.25, 0.3) is 0 Å². The highest BCUT2D eigenvalue weighted by atomic mass is 14.3. The minimum absolute atomic E-state index is 1.08. The first kappa shape index (κ1) is 11.0. The van der Waals surface area contributed by atoms with Crippen LogP contribution in [-0.4, -0.2) is 0 Å². The Hall–Kier alpha value is 0. The van der Waals surface area contributed by atoms with Gasteiger partial charge >= 0.3 is 0 Å². The van der Waals surface area contributed by atoms with Gasteiger partial charge in [-0.3, -0.25) is 0 Å².